The van der Waals surface area contributed by atoms with Crippen molar-refractivity contribution in [2.24, 2.45) is 5.41 Å². The van der Waals surface area contributed by atoms with E-state index in [0.29, 0.717) is 18.1 Å². The molecule has 20 heavy (non-hydrogen) atoms. The van der Waals surface area contributed by atoms with Gasteiger partial charge in [-0.05, 0) is 48.8 Å². The molecule has 1 N–H and O–H groups in total. The predicted molar refractivity (Wildman–Crippen MR) is 79.9 cm³/mol. The van der Waals surface area contributed by atoms with Gasteiger partial charge in [-0.3, -0.25) is 0 Å². The van der Waals surface area contributed by atoms with Gasteiger partial charge in [-0.2, -0.15) is 0 Å². The zero-order chi connectivity index (χ0) is 14.6. The minimum absolute atomic E-state index is 0.295. The lowest BCUT2D eigenvalue weighted by atomic mass is 9.76. The van der Waals surface area contributed by atoms with Crippen LogP contribution in [0.4, 0.5) is 0 Å². The number of hydrogen-bond acceptors (Lipinski definition) is 3. The van der Waals surface area contributed by atoms with Crippen LogP contribution in [0.5, 0.6) is 5.75 Å². The average molecular weight is 278 g/mol. The Morgan fingerprint density at radius 3 is 2.65 bits per heavy atom. The molecular weight excluding hydrogens is 252 g/mol. The summed E-state index contributed by atoms with van der Waals surface area (Å²) >= 11 is 0. The third kappa shape index (κ3) is 4.22. The zero-order valence-electron chi connectivity index (χ0n) is 12.8. The maximum absolute atomic E-state index is 10.2. The summed E-state index contributed by atoms with van der Waals surface area (Å²) in [5.74, 6) is 0.765. The molecule has 1 aliphatic carbocycles. The van der Waals surface area contributed by atoms with E-state index < -0.39 is 6.10 Å². The maximum atomic E-state index is 10.2. The molecule has 0 radical (unpaired) electrons. The van der Waals surface area contributed by atoms with Gasteiger partial charge in [0.2, 0.25) is 0 Å². The van der Waals surface area contributed by atoms with E-state index in [0.717, 1.165) is 24.2 Å². The van der Waals surface area contributed by atoms with Gasteiger partial charge < -0.3 is 14.6 Å². The van der Waals surface area contributed by atoms with Crippen molar-refractivity contribution in [1.82, 2.24) is 0 Å². The predicted octanol–water partition coefficient (Wildman–Crippen LogP) is 3.71. The maximum Gasteiger partial charge on any atom is 0.119 e. The Bertz CT molecular complexity index is 418. The number of ether oxygens (including phenoxy) is 2. The van der Waals surface area contributed by atoms with Crippen LogP contribution in [0.15, 0.2) is 24.3 Å². The second-order valence-electron chi connectivity index (χ2n) is 6.49. The van der Waals surface area contributed by atoms with Gasteiger partial charge in [0.05, 0.1) is 19.8 Å². The number of methoxy groups -OCH3 is 1. The summed E-state index contributed by atoms with van der Waals surface area (Å²) in [5, 5.41) is 10.2. The van der Waals surface area contributed by atoms with E-state index in [-0.39, 0.29) is 0 Å². The highest BCUT2D eigenvalue weighted by Crippen LogP contribution is 2.36. The third-order valence-electron chi connectivity index (χ3n) is 4.25. The van der Waals surface area contributed by atoms with Crippen LogP contribution < -0.4 is 4.74 Å². The van der Waals surface area contributed by atoms with Crippen LogP contribution in [0.25, 0.3) is 0 Å². The highest BCUT2D eigenvalue weighted by Gasteiger charge is 2.27. The molecule has 1 fully saturated rings. The van der Waals surface area contributed by atoms with Crippen LogP contribution >= 0.6 is 0 Å². The van der Waals surface area contributed by atoms with Crippen LogP contribution in [0.2, 0.25) is 0 Å². The number of benzene rings is 1. The molecule has 0 spiro atoms. The molecule has 3 heteroatoms. The Morgan fingerprint density at radius 2 is 2.00 bits per heavy atom. The number of aliphatic hydroxyl groups is 1. The van der Waals surface area contributed by atoms with Crippen molar-refractivity contribution in [2.45, 2.75) is 51.7 Å². The van der Waals surface area contributed by atoms with E-state index in [1.807, 2.05) is 24.3 Å². The zero-order valence-corrected chi connectivity index (χ0v) is 12.8. The minimum Gasteiger partial charge on any atom is -0.497 e. The normalized spacial score (nSPS) is 20.6. The lowest BCUT2D eigenvalue weighted by Gasteiger charge is -2.34. The third-order valence-corrected chi connectivity index (χ3v) is 4.25. The SMILES string of the molecule is COc1cccc(C(O)COC2CCC(C)(C)CC2)c1. The average Bonchev–Trinajstić information content (AvgIpc) is 2.46. The quantitative estimate of drug-likeness (QED) is 0.892. The van der Waals surface area contributed by atoms with Crippen molar-refractivity contribution >= 4 is 0 Å². The molecule has 3 nitrogen and oxygen atoms in total. The lowest BCUT2D eigenvalue weighted by molar-refractivity contribution is -0.0380. The Balaban J connectivity index is 1.81. The molecular formula is C17H26O3. The second-order valence-corrected chi connectivity index (χ2v) is 6.49. The van der Waals surface area contributed by atoms with Crippen molar-refractivity contribution in [3.63, 3.8) is 0 Å². The van der Waals surface area contributed by atoms with E-state index in [1.54, 1.807) is 7.11 Å². The van der Waals surface area contributed by atoms with Crippen LogP contribution in [0, 0.1) is 5.41 Å². The standard InChI is InChI=1S/C17H26O3/c1-17(2)9-7-14(8-10-17)20-12-16(18)13-5-4-6-15(11-13)19-3/h4-6,11,14,16,18H,7-10,12H2,1-3H3. The molecule has 0 saturated heterocycles. The molecule has 0 heterocycles. The Kier molecular flexibility index (Phi) is 5.06. The first-order valence-electron chi connectivity index (χ1n) is 7.44. The van der Waals surface area contributed by atoms with Gasteiger partial charge in [0.1, 0.15) is 11.9 Å². The first kappa shape index (κ1) is 15.3. The van der Waals surface area contributed by atoms with Gasteiger partial charge in [0.15, 0.2) is 0 Å². The first-order valence-corrected chi connectivity index (χ1v) is 7.44. The molecule has 1 aliphatic rings. The molecule has 2 rings (SSSR count). The number of aliphatic hydroxyl groups excluding tert-OH is 1. The summed E-state index contributed by atoms with van der Waals surface area (Å²) in [4.78, 5) is 0. The van der Waals surface area contributed by atoms with Gasteiger partial charge in [-0.25, -0.2) is 0 Å². The molecule has 1 unspecified atom stereocenters. The van der Waals surface area contributed by atoms with E-state index in [2.05, 4.69) is 13.8 Å². The molecule has 1 atom stereocenters. The Morgan fingerprint density at radius 1 is 1.30 bits per heavy atom. The van der Waals surface area contributed by atoms with Crippen molar-refractivity contribution < 1.29 is 14.6 Å². The van der Waals surface area contributed by atoms with Gasteiger partial charge in [-0.15, -0.1) is 0 Å². The van der Waals surface area contributed by atoms with Crippen LogP contribution in [0.3, 0.4) is 0 Å². The second kappa shape index (κ2) is 6.59. The van der Waals surface area contributed by atoms with E-state index in [4.69, 9.17) is 9.47 Å². The molecule has 1 saturated carbocycles. The van der Waals surface area contributed by atoms with E-state index in [1.165, 1.54) is 12.8 Å². The van der Waals surface area contributed by atoms with Gasteiger partial charge >= 0.3 is 0 Å². The monoisotopic (exact) mass is 278 g/mol. The van der Waals surface area contributed by atoms with Crippen LogP contribution in [0.1, 0.15) is 51.2 Å². The molecule has 0 amide bonds. The fraction of sp³-hybridized carbons (Fsp3) is 0.647. The molecule has 112 valence electrons. The van der Waals surface area contributed by atoms with E-state index in [9.17, 15) is 5.11 Å². The number of rotatable bonds is 5. The smallest absolute Gasteiger partial charge is 0.119 e. The first-order chi connectivity index (χ1) is 9.50. The summed E-state index contributed by atoms with van der Waals surface area (Å²) in [5.41, 5.74) is 1.30. The summed E-state index contributed by atoms with van der Waals surface area (Å²) in [6.07, 6.45) is 4.30. The molecule has 0 aliphatic heterocycles. The highest BCUT2D eigenvalue weighted by atomic mass is 16.5. The summed E-state index contributed by atoms with van der Waals surface area (Å²) < 4.78 is 11.0. The Labute approximate surface area is 121 Å². The fourth-order valence-corrected chi connectivity index (χ4v) is 2.71. The molecule has 1 aromatic rings. The summed E-state index contributed by atoms with van der Waals surface area (Å²) in [6, 6.07) is 7.53. The number of hydrogen-bond donors (Lipinski definition) is 1. The Hall–Kier alpha value is -1.06. The lowest BCUT2D eigenvalue weighted by Crippen LogP contribution is -2.27. The van der Waals surface area contributed by atoms with Crippen molar-refractivity contribution in [1.29, 1.82) is 0 Å². The largest absolute Gasteiger partial charge is 0.497 e. The fourth-order valence-electron chi connectivity index (χ4n) is 2.71. The minimum atomic E-state index is -0.583. The van der Waals surface area contributed by atoms with Crippen molar-refractivity contribution in [2.75, 3.05) is 13.7 Å². The van der Waals surface area contributed by atoms with Gasteiger partial charge in [-0.1, -0.05) is 26.0 Å². The van der Waals surface area contributed by atoms with E-state index >= 15 is 0 Å². The molecule has 0 aromatic heterocycles. The van der Waals surface area contributed by atoms with Crippen molar-refractivity contribution in [3.8, 4) is 5.75 Å². The molecule has 1 aromatic carbocycles. The molecule has 0 bridgehead atoms. The van der Waals surface area contributed by atoms with Crippen molar-refractivity contribution in [3.05, 3.63) is 29.8 Å². The van der Waals surface area contributed by atoms with Crippen LogP contribution in [-0.2, 0) is 4.74 Å². The highest BCUT2D eigenvalue weighted by molar-refractivity contribution is 5.29. The van der Waals surface area contributed by atoms with Crippen LogP contribution in [-0.4, -0.2) is 24.9 Å². The summed E-state index contributed by atoms with van der Waals surface area (Å²) in [7, 11) is 1.63. The van der Waals surface area contributed by atoms with Gasteiger partial charge in [0.25, 0.3) is 0 Å². The summed E-state index contributed by atoms with van der Waals surface area (Å²) in [6.45, 7) is 4.99. The topological polar surface area (TPSA) is 38.7 Å². The van der Waals surface area contributed by atoms with Gasteiger partial charge in [0, 0.05) is 0 Å².